The number of allylic oxidation sites excluding steroid dienone is 2. The van der Waals surface area contributed by atoms with E-state index >= 15 is 0 Å². The van der Waals surface area contributed by atoms with Crippen LogP contribution in [0.25, 0.3) is 0 Å². The topological polar surface area (TPSA) is 35.5 Å². The molecule has 0 radical (unpaired) electrons. The molecule has 3 nitrogen and oxygen atoms in total. The Morgan fingerprint density at radius 1 is 1.33 bits per heavy atom. The molecule has 2 rings (SSSR count). The van der Waals surface area contributed by atoms with Crippen LogP contribution in [0.1, 0.15) is 19.8 Å². The Kier molecular flexibility index (Phi) is 3.41. The van der Waals surface area contributed by atoms with Crippen molar-refractivity contribution in [1.82, 2.24) is 0 Å². The van der Waals surface area contributed by atoms with Crippen molar-refractivity contribution in [2.24, 2.45) is 17.8 Å². The van der Waals surface area contributed by atoms with Crippen molar-refractivity contribution in [2.45, 2.75) is 19.8 Å². The summed E-state index contributed by atoms with van der Waals surface area (Å²) in [5, 5.41) is 0. The van der Waals surface area contributed by atoms with Gasteiger partial charge in [0.1, 0.15) is 6.61 Å². The minimum atomic E-state index is -0.0356. The third-order valence-corrected chi connectivity index (χ3v) is 3.26. The van der Waals surface area contributed by atoms with Crippen LogP contribution in [0.5, 0.6) is 0 Å². The summed E-state index contributed by atoms with van der Waals surface area (Å²) in [6, 6.07) is 0. The zero-order chi connectivity index (χ0) is 10.7. The number of hydrogen-bond donors (Lipinski definition) is 0. The van der Waals surface area contributed by atoms with Crippen molar-refractivity contribution in [2.75, 3.05) is 19.8 Å². The van der Waals surface area contributed by atoms with Gasteiger partial charge in [0.2, 0.25) is 0 Å². The van der Waals surface area contributed by atoms with Gasteiger partial charge >= 0.3 is 5.97 Å². The van der Waals surface area contributed by atoms with Crippen LogP contribution >= 0.6 is 0 Å². The number of esters is 1. The lowest BCUT2D eigenvalue weighted by Crippen LogP contribution is -2.23. The van der Waals surface area contributed by atoms with E-state index in [0.29, 0.717) is 31.7 Å². The van der Waals surface area contributed by atoms with E-state index in [9.17, 15) is 4.79 Å². The summed E-state index contributed by atoms with van der Waals surface area (Å²) in [5.41, 5.74) is 0. The summed E-state index contributed by atoms with van der Waals surface area (Å²) in [6.45, 7) is 3.51. The van der Waals surface area contributed by atoms with Gasteiger partial charge in [0.25, 0.3) is 0 Å². The summed E-state index contributed by atoms with van der Waals surface area (Å²) in [5.74, 6) is 1.14. The van der Waals surface area contributed by atoms with Crippen LogP contribution in [-0.4, -0.2) is 25.8 Å². The first-order chi connectivity index (χ1) is 7.31. The number of fused-ring (bicyclic) bond motifs is 2. The Morgan fingerprint density at radius 2 is 2.20 bits per heavy atom. The number of carbonyl (C=O) groups excluding carboxylic acids is 1. The largest absolute Gasteiger partial charge is 0.463 e. The smallest absolute Gasteiger partial charge is 0.309 e. The van der Waals surface area contributed by atoms with Crippen LogP contribution in [-0.2, 0) is 14.3 Å². The number of carbonyl (C=O) groups is 1. The lowest BCUT2D eigenvalue weighted by atomic mass is 9.94. The maximum Gasteiger partial charge on any atom is 0.309 e. The van der Waals surface area contributed by atoms with Gasteiger partial charge in [0.05, 0.1) is 12.5 Å². The molecule has 3 heteroatoms. The molecule has 0 heterocycles. The van der Waals surface area contributed by atoms with Crippen molar-refractivity contribution in [3.8, 4) is 0 Å². The van der Waals surface area contributed by atoms with Crippen molar-refractivity contribution in [3.63, 3.8) is 0 Å². The van der Waals surface area contributed by atoms with Gasteiger partial charge in [-0.05, 0) is 31.6 Å². The molecule has 1 saturated carbocycles. The fraction of sp³-hybridized carbons (Fsp3) is 0.750. The normalized spacial score (nSPS) is 32.2. The van der Waals surface area contributed by atoms with Gasteiger partial charge in [0.15, 0.2) is 0 Å². The molecule has 1 fully saturated rings. The summed E-state index contributed by atoms with van der Waals surface area (Å²) >= 11 is 0. The summed E-state index contributed by atoms with van der Waals surface area (Å²) in [7, 11) is 0. The van der Waals surface area contributed by atoms with E-state index in [1.54, 1.807) is 0 Å². The van der Waals surface area contributed by atoms with Gasteiger partial charge in [0, 0.05) is 6.61 Å². The van der Waals surface area contributed by atoms with Crippen LogP contribution in [0.15, 0.2) is 12.2 Å². The van der Waals surface area contributed by atoms with Crippen LogP contribution in [0, 0.1) is 17.8 Å². The van der Waals surface area contributed by atoms with Crippen LogP contribution < -0.4 is 0 Å². The van der Waals surface area contributed by atoms with Gasteiger partial charge < -0.3 is 9.47 Å². The third-order valence-electron chi connectivity index (χ3n) is 3.26. The molecule has 2 aliphatic carbocycles. The van der Waals surface area contributed by atoms with Gasteiger partial charge in [-0.1, -0.05) is 12.2 Å². The molecule has 15 heavy (non-hydrogen) atoms. The fourth-order valence-electron chi connectivity index (χ4n) is 2.50. The lowest BCUT2D eigenvalue weighted by molar-refractivity contribution is -0.150. The Bertz CT molecular complexity index is 260. The van der Waals surface area contributed by atoms with Crippen molar-refractivity contribution >= 4 is 5.97 Å². The molecule has 3 atom stereocenters. The molecule has 0 aromatic heterocycles. The lowest BCUT2D eigenvalue weighted by Gasteiger charge is -2.16. The summed E-state index contributed by atoms with van der Waals surface area (Å²) < 4.78 is 10.3. The first kappa shape index (κ1) is 10.7. The maximum atomic E-state index is 11.7. The predicted octanol–water partition coefficient (Wildman–Crippen LogP) is 1.78. The monoisotopic (exact) mass is 210 g/mol. The molecular formula is C12H18O3. The first-order valence-corrected chi connectivity index (χ1v) is 5.74. The zero-order valence-electron chi connectivity index (χ0n) is 9.15. The molecule has 0 N–H and O–H groups in total. The highest BCUT2D eigenvalue weighted by molar-refractivity contribution is 5.74. The average Bonchev–Trinajstić information content (AvgIpc) is 2.85. The van der Waals surface area contributed by atoms with E-state index in [2.05, 4.69) is 12.2 Å². The van der Waals surface area contributed by atoms with Gasteiger partial charge in [-0.2, -0.15) is 0 Å². The van der Waals surface area contributed by atoms with Crippen molar-refractivity contribution < 1.29 is 14.3 Å². The van der Waals surface area contributed by atoms with E-state index in [1.165, 1.54) is 0 Å². The minimum absolute atomic E-state index is 0.0356. The predicted molar refractivity (Wildman–Crippen MR) is 56.3 cm³/mol. The van der Waals surface area contributed by atoms with Crippen molar-refractivity contribution in [1.29, 1.82) is 0 Å². The second-order valence-corrected chi connectivity index (χ2v) is 4.25. The third kappa shape index (κ3) is 2.40. The molecule has 2 bridgehead atoms. The van der Waals surface area contributed by atoms with Crippen LogP contribution in [0.2, 0.25) is 0 Å². The number of rotatable bonds is 5. The Labute approximate surface area is 90.4 Å². The van der Waals surface area contributed by atoms with E-state index in [4.69, 9.17) is 9.47 Å². The molecule has 0 aliphatic heterocycles. The molecule has 2 aliphatic rings. The van der Waals surface area contributed by atoms with E-state index in [0.717, 1.165) is 12.8 Å². The summed E-state index contributed by atoms with van der Waals surface area (Å²) in [4.78, 5) is 11.7. The Hall–Kier alpha value is -0.830. The van der Waals surface area contributed by atoms with Crippen LogP contribution in [0.3, 0.4) is 0 Å². The Balaban J connectivity index is 1.70. The highest BCUT2D eigenvalue weighted by Crippen LogP contribution is 2.43. The molecule has 0 amide bonds. The molecule has 0 unspecified atom stereocenters. The van der Waals surface area contributed by atoms with E-state index in [-0.39, 0.29) is 11.9 Å². The van der Waals surface area contributed by atoms with Crippen molar-refractivity contribution in [3.05, 3.63) is 12.2 Å². The van der Waals surface area contributed by atoms with Gasteiger partial charge in [-0.25, -0.2) is 0 Å². The quantitative estimate of drug-likeness (QED) is 0.394. The number of ether oxygens (including phenoxy) is 2. The fourth-order valence-corrected chi connectivity index (χ4v) is 2.50. The van der Waals surface area contributed by atoms with E-state index < -0.39 is 0 Å². The molecule has 0 saturated heterocycles. The standard InChI is InChI=1S/C12H18O3/c1-2-14-5-6-15-12(13)11-8-9-3-4-10(11)7-9/h3-4,9-11H,2,5-8H2,1H3/t9-,10-,11-/m1/s1. The average molecular weight is 210 g/mol. The second kappa shape index (κ2) is 4.79. The molecule has 0 aromatic rings. The highest BCUT2D eigenvalue weighted by atomic mass is 16.6. The molecule has 0 aromatic carbocycles. The zero-order valence-corrected chi connectivity index (χ0v) is 9.15. The highest BCUT2D eigenvalue weighted by Gasteiger charge is 2.40. The SMILES string of the molecule is CCOCCOC(=O)[C@@H]1C[C@@H]2C=C[C@@H]1C2. The van der Waals surface area contributed by atoms with Gasteiger partial charge in [-0.15, -0.1) is 0 Å². The maximum absolute atomic E-state index is 11.7. The van der Waals surface area contributed by atoms with Gasteiger partial charge in [-0.3, -0.25) is 4.79 Å². The molecular weight excluding hydrogens is 192 g/mol. The number of hydrogen-bond acceptors (Lipinski definition) is 3. The molecule has 84 valence electrons. The van der Waals surface area contributed by atoms with Crippen LogP contribution in [0.4, 0.5) is 0 Å². The second-order valence-electron chi connectivity index (χ2n) is 4.25. The first-order valence-electron chi connectivity index (χ1n) is 5.74. The summed E-state index contributed by atoms with van der Waals surface area (Å²) in [6.07, 6.45) is 6.52. The minimum Gasteiger partial charge on any atom is -0.463 e. The van der Waals surface area contributed by atoms with E-state index in [1.807, 2.05) is 6.92 Å². The molecule has 0 spiro atoms. The Morgan fingerprint density at radius 3 is 2.80 bits per heavy atom.